The Hall–Kier alpha value is -4.44. The SMILES string of the molecule is CN(C)CCCn1cnc2c(N(NC(=O)c3cccc(-c4ccc(CN5CCN(C)CC5)cc4)n3)C3CCCCC3)nc(C#N)nc21. The van der Waals surface area contributed by atoms with Crippen LogP contribution in [0.2, 0.25) is 0 Å². The van der Waals surface area contributed by atoms with E-state index in [9.17, 15) is 10.1 Å². The lowest BCUT2D eigenvalue weighted by atomic mass is 9.95. The Morgan fingerprint density at radius 3 is 2.49 bits per heavy atom. The molecule has 12 nitrogen and oxygen atoms in total. The van der Waals surface area contributed by atoms with Crippen molar-refractivity contribution in [3.63, 3.8) is 0 Å². The quantitative estimate of drug-likeness (QED) is 0.243. The van der Waals surface area contributed by atoms with E-state index in [2.05, 4.69) is 72.5 Å². The monoisotopic (exact) mass is 635 g/mol. The van der Waals surface area contributed by atoms with E-state index in [0.29, 0.717) is 29.2 Å². The summed E-state index contributed by atoms with van der Waals surface area (Å²) in [6.07, 6.45) is 7.70. The molecule has 1 aliphatic carbocycles. The Bertz CT molecular complexity index is 1700. The molecule has 0 unspecified atom stereocenters. The van der Waals surface area contributed by atoms with Crippen LogP contribution < -0.4 is 10.4 Å². The van der Waals surface area contributed by atoms with Crippen molar-refractivity contribution in [3.8, 4) is 17.3 Å². The minimum Gasteiger partial charge on any atom is -0.315 e. The van der Waals surface area contributed by atoms with Gasteiger partial charge >= 0.3 is 0 Å². The molecule has 4 heterocycles. The van der Waals surface area contributed by atoms with E-state index in [4.69, 9.17) is 4.98 Å². The molecule has 0 spiro atoms. The van der Waals surface area contributed by atoms with Crippen LogP contribution in [-0.4, -0.2) is 105 Å². The molecule has 0 radical (unpaired) electrons. The van der Waals surface area contributed by atoms with E-state index in [1.54, 1.807) is 12.4 Å². The number of benzene rings is 1. The number of pyridine rings is 1. The fourth-order valence-corrected chi connectivity index (χ4v) is 6.46. The number of nitrogens with one attached hydrogen (secondary N) is 1. The number of fused-ring (bicyclic) bond motifs is 1. The molecule has 1 aliphatic heterocycles. The van der Waals surface area contributed by atoms with Gasteiger partial charge in [-0.15, -0.1) is 0 Å². The molecule has 1 aromatic carbocycles. The fourth-order valence-electron chi connectivity index (χ4n) is 6.46. The number of rotatable bonds is 11. The van der Waals surface area contributed by atoms with Crippen LogP contribution in [0.5, 0.6) is 0 Å². The van der Waals surface area contributed by atoms with Crippen LogP contribution in [0.1, 0.15) is 60.4 Å². The smallest absolute Gasteiger partial charge is 0.288 e. The van der Waals surface area contributed by atoms with Gasteiger partial charge in [0.05, 0.1) is 18.1 Å². The molecule has 4 aromatic rings. The third kappa shape index (κ3) is 7.93. The first-order chi connectivity index (χ1) is 22.9. The molecule has 0 atom stereocenters. The predicted molar refractivity (Wildman–Crippen MR) is 182 cm³/mol. The number of nitrogens with zero attached hydrogens (tertiary/aromatic N) is 10. The topological polar surface area (TPSA) is 122 Å². The van der Waals surface area contributed by atoms with E-state index >= 15 is 0 Å². The maximum absolute atomic E-state index is 13.9. The van der Waals surface area contributed by atoms with Crippen LogP contribution in [0.25, 0.3) is 22.4 Å². The summed E-state index contributed by atoms with van der Waals surface area (Å²) in [4.78, 5) is 39.5. The van der Waals surface area contributed by atoms with Crippen LogP contribution in [0, 0.1) is 11.3 Å². The lowest BCUT2D eigenvalue weighted by Crippen LogP contribution is -2.50. The third-order valence-corrected chi connectivity index (χ3v) is 9.17. The number of hydrogen-bond donors (Lipinski definition) is 1. The van der Waals surface area contributed by atoms with E-state index in [1.807, 2.05) is 35.8 Å². The Morgan fingerprint density at radius 1 is 1.00 bits per heavy atom. The van der Waals surface area contributed by atoms with Crippen molar-refractivity contribution in [3.05, 3.63) is 65.9 Å². The lowest BCUT2D eigenvalue weighted by Gasteiger charge is -2.35. The van der Waals surface area contributed by atoms with Crippen LogP contribution in [0.4, 0.5) is 5.82 Å². The number of amides is 1. The molecular formula is C35H45N11O. The Labute approximate surface area is 277 Å². The van der Waals surface area contributed by atoms with Gasteiger partial charge in [0.2, 0.25) is 5.82 Å². The summed E-state index contributed by atoms with van der Waals surface area (Å²) in [5.41, 5.74) is 7.57. The van der Waals surface area contributed by atoms with Crippen molar-refractivity contribution in [1.82, 2.24) is 44.6 Å². The summed E-state index contributed by atoms with van der Waals surface area (Å²) < 4.78 is 1.97. The van der Waals surface area contributed by atoms with E-state index in [0.717, 1.165) is 89.1 Å². The van der Waals surface area contributed by atoms with Gasteiger partial charge in [0, 0.05) is 44.8 Å². The van der Waals surface area contributed by atoms with Gasteiger partial charge in [-0.1, -0.05) is 49.6 Å². The van der Waals surface area contributed by atoms with Crippen molar-refractivity contribution in [2.75, 3.05) is 58.9 Å². The molecule has 3 aromatic heterocycles. The Kier molecular flexibility index (Phi) is 10.4. The number of hydrogen-bond acceptors (Lipinski definition) is 10. The first-order valence-electron chi connectivity index (χ1n) is 16.7. The normalized spacial score (nSPS) is 16.4. The summed E-state index contributed by atoms with van der Waals surface area (Å²) in [6, 6.07) is 16.1. The minimum absolute atomic E-state index is 0.00673. The molecule has 1 N–H and O–H groups in total. The Morgan fingerprint density at radius 2 is 1.77 bits per heavy atom. The summed E-state index contributed by atoms with van der Waals surface area (Å²) in [7, 11) is 6.26. The fraction of sp³-hybridized carbons (Fsp3) is 0.486. The zero-order chi connectivity index (χ0) is 32.8. The summed E-state index contributed by atoms with van der Waals surface area (Å²) in [6.45, 7) is 6.89. The average Bonchev–Trinajstić information content (AvgIpc) is 3.51. The second kappa shape index (κ2) is 15.0. The van der Waals surface area contributed by atoms with Gasteiger partial charge in [-0.25, -0.2) is 9.97 Å². The van der Waals surface area contributed by atoms with Gasteiger partial charge in [-0.2, -0.15) is 15.2 Å². The van der Waals surface area contributed by atoms with E-state index in [-0.39, 0.29) is 17.8 Å². The van der Waals surface area contributed by atoms with Crippen molar-refractivity contribution in [2.24, 2.45) is 0 Å². The number of hydrazine groups is 1. The van der Waals surface area contributed by atoms with E-state index < -0.39 is 0 Å². The molecule has 246 valence electrons. The number of imidazole rings is 1. The van der Waals surface area contributed by atoms with Gasteiger partial charge in [-0.3, -0.25) is 20.1 Å². The number of nitriles is 1. The van der Waals surface area contributed by atoms with Gasteiger partial charge in [0.15, 0.2) is 17.0 Å². The highest BCUT2D eigenvalue weighted by molar-refractivity contribution is 5.95. The van der Waals surface area contributed by atoms with Gasteiger partial charge in [0.1, 0.15) is 11.8 Å². The highest BCUT2D eigenvalue weighted by atomic mass is 16.2. The minimum atomic E-state index is -0.334. The molecule has 1 amide bonds. The number of aromatic nitrogens is 5. The molecule has 0 bridgehead atoms. The van der Waals surface area contributed by atoms with Crippen molar-refractivity contribution < 1.29 is 4.79 Å². The highest BCUT2D eigenvalue weighted by Crippen LogP contribution is 2.30. The maximum atomic E-state index is 13.9. The number of piperazine rings is 1. The molecule has 2 aliphatic rings. The maximum Gasteiger partial charge on any atom is 0.288 e. The lowest BCUT2D eigenvalue weighted by molar-refractivity contribution is 0.0936. The predicted octanol–water partition coefficient (Wildman–Crippen LogP) is 3.94. The number of likely N-dealkylation sites (N-methyl/N-ethyl adjacent to an activating group) is 1. The standard InChI is InChI=1S/C35H45N11O/c1-42(2)17-8-18-45-25-37-32-33(45)39-31(23-36)40-34(32)46(28-9-5-4-6-10-28)41-35(47)30-12-7-11-29(38-30)27-15-13-26(14-16-27)24-44-21-19-43(3)20-22-44/h7,11-16,25,28H,4-6,8-10,17-22,24H2,1-3H3,(H,41,47). The first kappa shape index (κ1) is 32.5. The first-order valence-corrected chi connectivity index (χ1v) is 16.7. The van der Waals surface area contributed by atoms with Gasteiger partial charge in [0.25, 0.3) is 5.91 Å². The average molecular weight is 636 g/mol. The molecule has 47 heavy (non-hydrogen) atoms. The van der Waals surface area contributed by atoms with Gasteiger partial charge < -0.3 is 14.4 Å². The van der Waals surface area contributed by atoms with Crippen LogP contribution >= 0.6 is 0 Å². The van der Waals surface area contributed by atoms with Crippen LogP contribution in [0.3, 0.4) is 0 Å². The highest BCUT2D eigenvalue weighted by Gasteiger charge is 2.29. The van der Waals surface area contributed by atoms with Crippen molar-refractivity contribution in [2.45, 2.75) is 57.7 Å². The van der Waals surface area contributed by atoms with Crippen molar-refractivity contribution >= 4 is 22.9 Å². The molecular weight excluding hydrogens is 590 g/mol. The number of anilines is 1. The largest absolute Gasteiger partial charge is 0.315 e. The number of carbonyl (C=O) groups is 1. The third-order valence-electron chi connectivity index (χ3n) is 9.17. The molecule has 12 heteroatoms. The van der Waals surface area contributed by atoms with E-state index in [1.165, 1.54) is 5.56 Å². The Balaban J connectivity index is 1.24. The summed E-state index contributed by atoms with van der Waals surface area (Å²) in [5, 5.41) is 11.7. The molecule has 2 fully saturated rings. The second-order valence-corrected chi connectivity index (χ2v) is 13.0. The van der Waals surface area contributed by atoms with Crippen molar-refractivity contribution in [1.29, 1.82) is 5.26 Å². The zero-order valence-electron chi connectivity index (χ0n) is 27.8. The molecule has 1 saturated heterocycles. The molecule has 6 rings (SSSR count). The van der Waals surface area contributed by atoms with Crippen LogP contribution in [0.15, 0.2) is 48.8 Å². The van der Waals surface area contributed by atoms with Crippen LogP contribution in [-0.2, 0) is 13.1 Å². The zero-order valence-corrected chi connectivity index (χ0v) is 27.8. The van der Waals surface area contributed by atoms with Gasteiger partial charge in [-0.05, 0) is 64.6 Å². The second-order valence-electron chi connectivity index (χ2n) is 13.0. The summed E-state index contributed by atoms with van der Waals surface area (Å²) in [5.74, 6) is 0.165. The molecule has 1 saturated carbocycles. The number of carbonyl (C=O) groups excluding carboxylic acids is 1. The number of aryl methyl sites for hydroxylation is 1. The summed E-state index contributed by atoms with van der Waals surface area (Å²) >= 11 is 0.